The molecule has 2 aromatic heterocycles. The van der Waals surface area contributed by atoms with Crippen molar-refractivity contribution in [2.45, 2.75) is 18.7 Å². The lowest BCUT2D eigenvalue weighted by atomic mass is 10.2. The molecule has 0 aliphatic heterocycles. The van der Waals surface area contributed by atoms with E-state index in [0.717, 1.165) is 26.9 Å². The molecule has 10 heteroatoms. The van der Waals surface area contributed by atoms with Gasteiger partial charge in [0.25, 0.3) is 15.9 Å². The Bertz CT molecular complexity index is 1490. The van der Waals surface area contributed by atoms with Crippen molar-refractivity contribution in [3.63, 3.8) is 0 Å². The molecular weight excluding hydrogens is 498 g/mol. The molecule has 0 unspecified atom stereocenters. The second-order valence-corrected chi connectivity index (χ2v) is 10.2. The zero-order valence-electron chi connectivity index (χ0n) is 19.7. The summed E-state index contributed by atoms with van der Waals surface area (Å²) in [5, 5.41) is 4.72. The third-order valence-electron chi connectivity index (χ3n) is 5.47. The molecule has 1 N–H and O–H groups in total. The van der Waals surface area contributed by atoms with E-state index in [-0.39, 0.29) is 10.7 Å². The third-order valence-corrected chi connectivity index (χ3v) is 7.49. The van der Waals surface area contributed by atoms with Crippen LogP contribution in [-0.2, 0) is 14.8 Å². The average Bonchev–Trinajstić information content (AvgIpc) is 3.16. The summed E-state index contributed by atoms with van der Waals surface area (Å²) >= 11 is 6.00. The van der Waals surface area contributed by atoms with Crippen LogP contribution in [0.4, 0.5) is 5.82 Å². The van der Waals surface area contributed by atoms with Gasteiger partial charge in [-0.25, -0.2) is 23.1 Å². The van der Waals surface area contributed by atoms with Crippen LogP contribution in [0.2, 0.25) is 5.02 Å². The van der Waals surface area contributed by atoms with Crippen LogP contribution in [0.5, 0.6) is 0 Å². The molecule has 0 saturated carbocycles. The highest BCUT2D eigenvalue weighted by Crippen LogP contribution is 2.22. The lowest BCUT2D eigenvalue weighted by Crippen LogP contribution is -2.40. The number of amides is 1. The van der Waals surface area contributed by atoms with Crippen LogP contribution in [0.3, 0.4) is 0 Å². The molecule has 0 fully saturated rings. The number of aromatic nitrogens is 2. The first kappa shape index (κ1) is 25.2. The number of rotatable bonds is 8. The molecular formula is C26H24ClN5O3S. The number of hydrogen-bond donors (Lipinski definition) is 1. The number of anilines is 1. The highest BCUT2D eigenvalue weighted by molar-refractivity contribution is 7.92. The fourth-order valence-electron chi connectivity index (χ4n) is 3.76. The normalized spacial score (nSPS) is 11.5. The van der Waals surface area contributed by atoms with Gasteiger partial charge < -0.3 is 4.57 Å². The minimum absolute atomic E-state index is 0.0570. The quantitative estimate of drug-likeness (QED) is 0.273. The molecule has 0 radical (unpaired) electrons. The van der Waals surface area contributed by atoms with Crippen LogP contribution < -0.4 is 9.73 Å². The molecule has 0 saturated heterocycles. The van der Waals surface area contributed by atoms with Crippen LogP contribution >= 0.6 is 11.6 Å². The summed E-state index contributed by atoms with van der Waals surface area (Å²) in [5.74, 6) is -0.477. The smallest absolute Gasteiger partial charge is 0.265 e. The van der Waals surface area contributed by atoms with E-state index < -0.39 is 22.5 Å². The number of sulfonamides is 1. The molecule has 0 bridgehead atoms. The van der Waals surface area contributed by atoms with E-state index in [0.29, 0.717) is 5.02 Å². The Hall–Kier alpha value is -3.95. The maximum absolute atomic E-state index is 13.3. The SMILES string of the molecule is Cc1cc(/C=N\NC(=O)CN(c2ccccn2)S(=O)(=O)c2ccccc2)c(C)n1-c1ccc(Cl)cc1. The van der Waals surface area contributed by atoms with Crippen molar-refractivity contribution >= 4 is 39.6 Å². The van der Waals surface area contributed by atoms with Crippen LogP contribution in [0.1, 0.15) is 17.0 Å². The number of benzene rings is 2. The zero-order chi connectivity index (χ0) is 25.7. The maximum Gasteiger partial charge on any atom is 0.265 e. The van der Waals surface area contributed by atoms with Gasteiger partial charge in [-0.2, -0.15) is 5.10 Å². The number of hydrazone groups is 1. The number of carbonyl (C=O) groups excluding carboxylic acids is 1. The molecule has 0 aliphatic rings. The minimum atomic E-state index is -4.02. The van der Waals surface area contributed by atoms with Crippen LogP contribution in [-0.4, -0.2) is 36.6 Å². The molecule has 36 heavy (non-hydrogen) atoms. The first-order valence-corrected chi connectivity index (χ1v) is 12.8. The number of hydrogen-bond acceptors (Lipinski definition) is 5. The summed E-state index contributed by atoms with van der Waals surface area (Å²) < 4.78 is 29.5. The molecule has 184 valence electrons. The monoisotopic (exact) mass is 521 g/mol. The Balaban J connectivity index is 1.52. The van der Waals surface area contributed by atoms with Gasteiger partial charge in [0, 0.05) is 33.9 Å². The summed E-state index contributed by atoms with van der Waals surface area (Å²) in [6, 6.07) is 22.2. The molecule has 4 rings (SSSR count). The fourth-order valence-corrected chi connectivity index (χ4v) is 5.28. The molecule has 2 heterocycles. The van der Waals surface area contributed by atoms with Gasteiger partial charge in [0.1, 0.15) is 12.4 Å². The second kappa shape index (κ2) is 10.8. The Kier molecular flexibility index (Phi) is 7.52. The molecule has 4 aromatic rings. The first-order valence-electron chi connectivity index (χ1n) is 11.0. The van der Waals surface area contributed by atoms with Gasteiger partial charge in [-0.3, -0.25) is 4.79 Å². The van der Waals surface area contributed by atoms with Crippen molar-refractivity contribution in [1.29, 1.82) is 0 Å². The van der Waals surface area contributed by atoms with E-state index in [1.807, 2.05) is 44.2 Å². The molecule has 2 aromatic carbocycles. The van der Waals surface area contributed by atoms with Crippen molar-refractivity contribution in [3.05, 3.63) is 107 Å². The van der Waals surface area contributed by atoms with Gasteiger partial charge in [0.15, 0.2) is 0 Å². The van der Waals surface area contributed by atoms with Gasteiger partial charge in [-0.15, -0.1) is 0 Å². The first-order chi connectivity index (χ1) is 17.3. The van der Waals surface area contributed by atoms with E-state index in [1.54, 1.807) is 30.3 Å². The number of nitrogens with zero attached hydrogens (tertiary/aromatic N) is 4. The lowest BCUT2D eigenvalue weighted by Gasteiger charge is -2.22. The average molecular weight is 522 g/mol. The standard InChI is InChI=1S/C26H24ClN5O3S/c1-19-16-21(20(2)32(19)23-13-11-22(27)12-14-23)17-29-30-26(33)18-31(25-10-6-7-15-28-25)36(34,35)24-8-4-3-5-9-24/h3-17H,18H2,1-2H3,(H,30,33)/b29-17-. The van der Waals surface area contributed by atoms with Gasteiger partial charge in [-0.05, 0) is 68.4 Å². The van der Waals surface area contributed by atoms with Crippen molar-refractivity contribution in [1.82, 2.24) is 15.0 Å². The van der Waals surface area contributed by atoms with Crippen molar-refractivity contribution in [3.8, 4) is 5.69 Å². The number of nitrogens with one attached hydrogen (secondary N) is 1. The van der Waals surface area contributed by atoms with Gasteiger partial charge >= 0.3 is 0 Å². The number of pyridine rings is 1. The van der Waals surface area contributed by atoms with Crippen LogP contribution in [0.25, 0.3) is 5.69 Å². The van der Waals surface area contributed by atoms with Gasteiger partial charge in [0.05, 0.1) is 11.1 Å². The highest BCUT2D eigenvalue weighted by atomic mass is 35.5. The lowest BCUT2D eigenvalue weighted by molar-refractivity contribution is -0.119. The summed E-state index contributed by atoms with van der Waals surface area (Å²) in [4.78, 5) is 16.9. The van der Waals surface area contributed by atoms with Crippen molar-refractivity contribution < 1.29 is 13.2 Å². The summed E-state index contributed by atoms with van der Waals surface area (Å²) in [5.41, 5.74) is 6.10. The Morgan fingerprint density at radius 3 is 2.42 bits per heavy atom. The third kappa shape index (κ3) is 5.48. The van der Waals surface area contributed by atoms with E-state index in [4.69, 9.17) is 11.6 Å². The minimum Gasteiger partial charge on any atom is -0.318 e. The van der Waals surface area contributed by atoms with Gasteiger partial charge in [-0.1, -0.05) is 35.9 Å². The molecule has 0 aliphatic carbocycles. The summed E-state index contributed by atoms with van der Waals surface area (Å²) in [6.45, 7) is 3.42. The second-order valence-electron chi connectivity index (χ2n) is 7.94. The number of carbonyl (C=O) groups is 1. The molecule has 8 nitrogen and oxygen atoms in total. The fraction of sp³-hybridized carbons (Fsp3) is 0.115. The van der Waals surface area contributed by atoms with E-state index in [1.165, 1.54) is 30.6 Å². The summed E-state index contributed by atoms with van der Waals surface area (Å²) in [6.07, 6.45) is 3.00. The predicted octanol–water partition coefficient (Wildman–Crippen LogP) is 4.49. The van der Waals surface area contributed by atoms with Crippen molar-refractivity contribution in [2.75, 3.05) is 10.8 Å². The number of aryl methyl sites for hydroxylation is 1. The Labute approximate surface area is 214 Å². The molecule has 1 amide bonds. The zero-order valence-corrected chi connectivity index (χ0v) is 21.2. The van der Waals surface area contributed by atoms with E-state index in [2.05, 4.69) is 20.1 Å². The highest BCUT2D eigenvalue weighted by Gasteiger charge is 2.27. The Morgan fingerprint density at radius 2 is 1.75 bits per heavy atom. The van der Waals surface area contributed by atoms with E-state index >= 15 is 0 Å². The predicted molar refractivity (Wildman–Crippen MR) is 141 cm³/mol. The molecule has 0 spiro atoms. The largest absolute Gasteiger partial charge is 0.318 e. The summed E-state index contributed by atoms with van der Waals surface area (Å²) in [7, 11) is -4.02. The topological polar surface area (TPSA) is 96.7 Å². The Morgan fingerprint density at radius 1 is 1.06 bits per heavy atom. The molecule has 0 atom stereocenters. The van der Waals surface area contributed by atoms with Crippen LogP contribution in [0, 0.1) is 13.8 Å². The van der Waals surface area contributed by atoms with Gasteiger partial charge in [0.2, 0.25) is 0 Å². The van der Waals surface area contributed by atoms with Crippen molar-refractivity contribution in [2.24, 2.45) is 5.10 Å². The van der Waals surface area contributed by atoms with Crippen LogP contribution in [0.15, 0.2) is 95.1 Å². The van der Waals surface area contributed by atoms with E-state index in [9.17, 15) is 13.2 Å². The maximum atomic E-state index is 13.3. The number of halogens is 1.